The Bertz CT molecular complexity index is 1660. The summed E-state index contributed by atoms with van der Waals surface area (Å²) >= 11 is 3.24. The molecule has 0 saturated heterocycles. The number of amides is 4. The number of nitrogens with zero attached hydrogens (tertiary/aromatic N) is 4. The molecule has 0 bridgehead atoms. The molecule has 0 saturated carbocycles. The van der Waals surface area contributed by atoms with Crippen molar-refractivity contribution >= 4 is 46.7 Å². The molecule has 0 aliphatic heterocycles. The van der Waals surface area contributed by atoms with Crippen LogP contribution in [-0.4, -0.2) is 94.1 Å². The summed E-state index contributed by atoms with van der Waals surface area (Å²) in [5.74, 6) is 0.497. The molecule has 4 aromatic rings. The second kappa shape index (κ2) is 16.3. The van der Waals surface area contributed by atoms with E-state index in [0.717, 1.165) is 30.9 Å². The maximum Gasteiger partial charge on any atom is 0.407 e. The minimum atomic E-state index is -0.735. The van der Waals surface area contributed by atoms with Gasteiger partial charge in [0.05, 0.1) is 59.8 Å². The number of likely N-dealkylation sites (N-methyl/N-ethyl adjacent to an activating group) is 2. The van der Waals surface area contributed by atoms with E-state index in [0.29, 0.717) is 11.6 Å². The zero-order chi connectivity index (χ0) is 36.9. The summed E-state index contributed by atoms with van der Waals surface area (Å²) in [6, 6.07) is 5.99. The first-order valence-electron chi connectivity index (χ1n) is 16.2. The molecule has 4 atom stereocenters. The average molecular weight is 727 g/mol. The Labute approximate surface area is 300 Å². The fraction of sp³-hybridized carbons (Fsp3) is 0.471. The van der Waals surface area contributed by atoms with Gasteiger partial charge in [0.2, 0.25) is 11.8 Å². The Hall–Kier alpha value is -4.70. The number of aromatic amines is 2. The summed E-state index contributed by atoms with van der Waals surface area (Å²) in [5, 5.41) is 5.26. The summed E-state index contributed by atoms with van der Waals surface area (Å²) in [6.07, 6.45) is 2.21. The Morgan fingerprint density at radius 2 is 0.980 bits per heavy atom. The van der Waals surface area contributed by atoms with Gasteiger partial charge in [0.1, 0.15) is 23.7 Å². The molecule has 16 heteroatoms. The molecule has 0 fully saturated rings. The van der Waals surface area contributed by atoms with Gasteiger partial charge in [-0.15, -0.1) is 22.7 Å². The maximum absolute atomic E-state index is 13.3. The van der Waals surface area contributed by atoms with E-state index in [1.165, 1.54) is 14.2 Å². The number of aromatic nitrogens is 4. The molecule has 4 rings (SSSR count). The SMILES string of the molecule is COC(=O)N[C@@H](C(=O)N(C)[C@H](C)c1ncc(-c2ccc(-c3ccc(-c4cnc([C@@H](C)N(C)C(=O)[C@H](NC(=O)OC)C(C)C)[nH]4)s3)s2)[nH]1)C(C)C. The van der Waals surface area contributed by atoms with Gasteiger partial charge in [-0.25, -0.2) is 19.6 Å². The highest BCUT2D eigenvalue weighted by molar-refractivity contribution is 7.25. The first kappa shape index (κ1) is 38.1. The van der Waals surface area contributed by atoms with Gasteiger partial charge in [-0.1, -0.05) is 27.7 Å². The number of hydrogen-bond donors (Lipinski definition) is 4. The number of H-pyrrole nitrogens is 2. The number of thiophene rings is 2. The second-order valence-corrected chi connectivity index (χ2v) is 14.8. The molecule has 14 nitrogen and oxygen atoms in total. The van der Waals surface area contributed by atoms with Crippen molar-refractivity contribution in [1.29, 1.82) is 0 Å². The van der Waals surface area contributed by atoms with E-state index in [2.05, 4.69) is 42.7 Å². The van der Waals surface area contributed by atoms with Gasteiger partial charge in [-0.3, -0.25) is 9.59 Å². The maximum atomic E-state index is 13.3. The van der Waals surface area contributed by atoms with Crippen LogP contribution in [0.25, 0.3) is 30.9 Å². The van der Waals surface area contributed by atoms with Crippen LogP contribution in [0.3, 0.4) is 0 Å². The third kappa shape index (κ3) is 8.53. The number of imidazole rings is 2. The summed E-state index contributed by atoms with van der Waals surface area (Å²) in [6.45, 7) is 11.2. The number of methoxy groups -OCH3 is 2. The third-order valence-corrected chi connectivity index (χ3v) is 11.0. The minimum Gasteiger partial charge on any atom is -0.453 e. The van der Waals surface area contributed by atoms with Crippen LogP contribution in [0.4, 0.5) is 9.59 Å². The van der Waals surface area contributed by atoms with Crippen LogP contribution in [0, 0.1) is 11.8 Å². The number of ether oxygens (including phenoxy) is 2. The van der Waals surface area contributed by atoms with Gasteiger partial charge in [-0.05, 0) is 49.9 Å². The van der Waals surface area contributed by atoms with Gasteiger partial charge >= 0.3 is 12.2 Å². The molecule has 0 spiro atoms. The van der Waals surface area contributed by atoms with Gasteiger partial charge in [-0.2, -0.15) is 0 Å². The lowest BCUT2D eigenvalue weighted by atomic mass is 10.0. The lowest BCUT2D eigenvalue weighted by Gasteiger charge is -2.30. The fourth-order valence-corrected chi connectivity index (χ4v) is 7.20. The summed E-state index contributed by atoms with van der Waals surface area (Å²) < 4.78 is 9.40. The fourth-order valence-electron chi connectivity index (χ4n) is 5.16. The van der Waals surface area contributed by atoms with Crippen LogP contribution in [0.2, 0.25) is 0 Å². The van der Waals surface area contributed by atoms with Crippen LogP contribution in [0.1, 0.15) is 65.3 Å². The van der Waals surface area contributed by atoms with Crippen LogP contribution < -0.4 is 10.6 Å². The number of hydrogen-bond acceptors (Lipinski definition) is 10. The van der Waals surface area contributed by atoms with E-state index in [1.807, 2.05) is 53.7 Å². The summed E-state index contributed by atoms with van der Waals surface area (Å²) in [5.41, 5.74) is 1.67. The Morgan fingerprint density at radius 3 is 1.30 bits per heavy atom. The third-order valence-electron chi connectivity index (χ3n) is 8.61. The predicted octanol–water partition coefficient (Wildman–Crippen LogP) is 6.06. The lowest BCUT2D eigenvalue weighted by molar-refractivity contribution is -0.135. The van der Waals surface area contributed by atoms with Crippen LogP contribution in [0.15, 0.2) is 36.7 Å². The van der Waals surface area contributed by atoms with E-state index < -0.39 is 24.3 Å². The molecule has 4 heterocycles. The minimum absolute atomic E-state index is 0.136. The normalized spacial score (nSPS) is 13.8. The highest BCUT2D eigenvalue weighted by Gasteiger charge is 2.32. The zero-order valence-corrected chi connectivity index (χ0v) is 31.6. The van der Waals surface area contributed by atoms with Crippen molar-refractivity contribution in [3.63, 3.8) is 0 Å². The van der Waals surface area contributed by atoms with E-state index >= 15 is 0 Å². The molecule has 4 aromatic heterocycles. The largest absolute Gasteiger partial charge is 0.453 e. The van der Waals surface area contributed by atoms with Crippen molar-refractivity contribution in [1.82, 2.24) is 40.4 Å². The quantitative estimate of drug-likeness (QED) is 0.129. The highest BCUT2D eigenvalue weighted by Crippen LogP contribution is 2.40. The molecule has 4 N–H and O–H groups in total. The van der Waals surface area contributed by atoms with E-state index in [-0.39, 0.29) is 35.7 Å². The number of carbonyl (C=O) groups excluding carboxylic acids is 4. The molecule has 0 aliphatic rings. The highest BCUT2D eigenvalue weighted by atomic mass is 32.1. The van der Waals surface area contributed by atoms with Gasteiger partial charge < -0.3 is 39.9 Å². The molecule has 50 heavy (non-hydrogen) atoms. The smallest absolute Gasteiger partial charge is 0.407 e. The topological polar surface area (TPSA) is 175 Å². The Balaban J connectivity index is 1.44. The Kier molecular flexibility index (Phi) is 12.5. The number of carbonyl (C=O) groups is 4. The predicted molar refractivity (Wildman–Crippen MR) is 193 cm³/mol. The summed E-state index contributed by atoms with van der Waals surface area (Å²) in [4.78, 5) is 73.3. The Morgan fingerprint density at radius 1 is 0.640 bits per heavy atom. The van der Waals surface area contributed by atoms with Crippen molar-refractivity contribution in [3.05, 3.63) is 48.3 Å². The van der Waals surface area contributed by atoms with Crippen molar-refractivity contribution in [2.24, 2.45) is 11.8 Å². The lowest BCUT2D eigenvalue weighted by Crippen LogP contribution is -2.50. The van der Waals surface area contributed by atoms with Gasteiger partial charge in [0.25, 0.3) is 0 Å². The summed E-state index contributed by atoms with van der Waals surface area (Å²) in [7, 11) is 5.91. The second-order valence-electron chi connectivity index (χ2n) is 12.7. The first-order chi connectivity index (χ1) is 23.7. The van der Waals surface area contributed by atoms with Gasteiger partial charge in [0.15, 0.2) is 0 Å². The van der Waals surface area contributed by atoms with Gasteiger partial charge in [0, 0.05) is 23.8 Å². The molecule has 0 unspecified atom stereocenters. The van der Waals surface area contributed by atoms with E-state index in [9.17, 15) is 19.2 Å². The van der Waals surface area contributed by atoms with Crippen molar-refractivity contribution in [3.8, 4) is 30.9 Å². The van der Waals surface area contributed by atoms with Crippen molar-refractivity contribution in [2.45, 2.75) is 65.7 Å². The molecule has 0 radical (unpaired) electrons. The zero-order valence-electron chi connectivity index (χ0n) is 30.0. The molecule has 270 valence electrons. The van der Waals surface area contributed by atoms with Crippen LogP contribution in [0.5, 0.6) is 0 Å². The number of alkyl carbamates (subject to hydrolysis) is 2. The molecule has 4 amide bonds. The molecule has 0 aromatic carbocycles. The number of rotatable bonds is 13. The van der Waals surface area contributed by atoms with E-state index in [4.69, 9.17) is 9.47 Å². The monoisotopic (exact) mass is 726 g/mol. The van der Waals surface area contributed by atoms with Crippen molar-refractivity contribution in [2.75, 3.05) is 28.3 Å². The average Bonchev–Trinajstić information content (AvgIpc) is 3.93. The van der Waals surface area contributed by atoms with Crippen molar-refractivity contribution < 1.29 is 28.7 Å². The molecular weight excluding hydrogens is 681 g/mol. The first-order valence-corrected chi connectivity index (χ1v) is 17.8. The standard InChI is InChI=1S/C34H46N8O6S2/c1-17(2)27(39-33(45)47-9)31(43)41(7)19(5)29-35-15-21(37-29)23-11-13-25(49-23)26-14-12-24(50-26)22-16-36-30(38-22)20(6)42(8)32(44)28(18(3)4)40-34(46)48-10/h11-20,27-28H,1-10H3,(H,35,37)(H,36,38)(H,39,45)(H,40,46)/t19-,20-,27-,28-/m1/s1. The number of nitrogens with one attached hydrogen (secondary N) is 4. The molecule has 0 aliphatic carbocycles. The van der Waals surface area contributed by atoms with Crippen LogP contribution in [-0.2, 0) is 19.1 Å². The van der Waals surface area contributed by atoms with E-state index in [1.54, 1.807) is 59.0 Å². The van der Waals surface area contributed by atoms with Crippen LogP contribution >= 0.6 is 22.7 Å². The molecular formula is C34H46N8O6S2.